The maximum atomic E-state index is 14.7. The van der Waals surface area contributed by atoms with Crippen LogP contribution in [-0.4, -0.2) is 26.4 Å². The fourth-order valence-corrected chi connectivity index (χ4v) is 3.95. The summed E-state index contributed by atoms with van der Waals surface area (Å²) in [5.41, 5.74) is -3.79. The molecule has 0 radical (unpaired) electrons. The molecule has 0 spiro atoms. The van der Waals surface area contributed by atoms with Gasteiger partial charge in [0.05, 0.1) is 24.8 Å². The number of halogens is 9. The molecule has 1 saturated heterocycles. The summed E-state index contributed by atoms with van der Waals surface area (Å²) in [6.45, 7) is 3.45. The second-order valence-electron chi connectivity index (χ2n) is 8.38. The van der Waals surface area contributed by atoms with Gasteiger partial charge in [-0.1, -0.05) is 31.4 Å². The summed E-state index contributed by atoms with van der Waals surface area (Å²) in [4.78, 5) is 0. The first-order chi connectivity index (χ1) is 17.3. The third-order valence-electron chi connectivity index (χ3n) is 5.39. The monoisotopic (exact) mass is 562 g/mol. The van der Waals surface area contributed by atoms with Gasteiger partial charge >= 0.3 is 12.3 Å². The Bertz CT molecular complexity index is 1030. The van der Waals surface area contributed by atoms with Gasteiger partial charge in [0.2, 0.25) is 0 Å². The Kier molecular flexibility index (Phi) is 9.65. The van der Waals surface area contributed by atoms with Crippen LogP contribution in [-0.2, 0) is 26.5 Å². The first-order valence-electron chi connectivity index (χ1n) is 11.3. The van der Waals surface area contributed by atoms with E-state index in [2.05, 4.69) is 11.7 Å². The molecule has 0 aromatic heterocycles. The predicted molar refractivity (Wildman–Crippen MR) is 116 cm³/mol. The fraction of sp³-hybridized carbons (Fsp3) is 0.500. The van der Waals surface area contributed by atoms with Crippen molar-refractivity contribution in [2.24, 2.45) is 5.92 Å². The Morgan fingerprint density at radius 1 is 0.892 bits per heavy atom. The van der Waals surface area contributed by atoms with Crippen molar-refractivity contribution < 1.29 is 54.1 Å². The minimum Gasteiger partial charge on any atom is -0.429 e. The van der Waals surface area contributed by atoms with Gasteiger partial charge < -0.3 is 18.9 Å². The van der Waals surface area contributed by atoms with Gasteiger partial charge in [-0.2, -0.15) is 22.0 Å². The maximum Gasteiger partial charge on any atom is 0.431 e. The SMILES string of the molecule is CCCCCOCC1COC(c2cc(F)c(C(F)(F)Oc3cc(F)c(C(F)(F)F)c(F)c3)c(Cl)c2)OC1. The first kappa shape index (κ1) is 29.4. The van der Waals surface area contributed by atoms with E-state index in [1.807, 2.05) is 0 Å². The normalized spacial score (nSPS) is 18.8. The van der Waals surface area contributed by atoms with Crippen LogP contribution in [0, 0.1) is 23.4 Å². The van der Waals surface area contributed by atoms with Crippen molar-refractivity contribution in [2.45, 2.75) is 44.8 Å². The number of alkyl halides is 5. The quantitative estimate of drug-likeness (QED) is 0.219. The molecule has 0 aliphatic carbocycles. The summed E-state index contributed by atoms with van der Waals surface area (Å²) in [5.74, 6) is -7.32. The number of ether oxygens (including phenoxy) is 4. The lowest BCUT2D eigenvalue weighted by molar-refractivity contribution is -0.212. The van der Waals surface area contributed by atoms with Gasteiger partial charge in [0.1, 0.15) is 34.3 Å². The zero-order valence-corrected chi connectivity index (χ0v) is 20.2. The highest BCUT2D eigenvalue weighted by Gasteiger charge is 2.43. The number of benzene rings is 2. The van der Waals surface area contributed by atoms with Gasteiger partial charge in [-0.3, -0.25) is 0 Å². The zero-order valence-electron chi connectivity index (χ0n) is 19.4. The Hall–Kier alpha value is -2.15. The summed E-state index contributed by atoms with van der Waals surface area (Å²) in [7, 11) is 0. The molecule has 0 unspecified atom stereocenters. The molecule has 0 saturated carbocycles. The summed E-state index contributed by atoms with van der Waals surface area (Å²) in [5, 5.41) is -0.832. The van der Waals surface area contributed by atoms with Gasteiger partial charge in [-0.05, 0) is 18.6 Å². The smallest absolute Gasteiger partial charge is 0.429 e. The van der Waals surface area contributed by atoms with Crippen LogP contribution in [0.1, 0.15) is 49.2 Å². The van der Waals surface area contributed by atoms with E-state index in [4.69, 9.17) is 25.8 Å². The molecule has 206 valence electrons. The van der Waals surface area contributed by atoms with Crippen LogP contribution < -0.4 is 4.74 Å². The van der Waals surface area contributed by atoms with Crippen LogP contribution >= 0.6 is 11.6 Å². The van der Waals surface area contributed by atoms with Crippen molar-refractivity contribution >= 4 is 11.6 Å². The summed E-state index contributed by atoms with van der Waals surface area (Å²) in [6, 6.07) is 1.43. The van der Waals surface area contributed by atoms with Gasteiger partial charge in [0.15, 0.2) is 6.29 Å². The lowest BCUT2D eigenvalue weighted by Crippen LogP contribution is -2.30. The van der Waals surface area contributed by atoms with E-state index >= 15 is 0 Å². The molecule has 37 heavy (non-hydrogen) atoms. The molecule has 1 heterocycles. The molecule has 1 aliphatic rings. The molecular formula is C24H23ClF8O4. The molecule has 0 atom stereocenters. The Labute approximate surface area is 212 Å². The lowest BCUT2D eigenvalue weighted by atomic mass is 10.1. The van der Waals surface area contributed by atoms with Crippen LogP contribution in [0.15, 0.2) is 24.3 Å². The minimum absolute atomic E-state index is 0.0176. The second-order valence-corrected chi connectivity index (χ2v) is 8.79. The molecule has 0 bridgehead atoms. The topological polar surface area (TPSA) is 36.9 Å². The molecular weight excluding hydrogens is 540 g/mol. The Balaban J connectivity index is 1.69. The van der Waals surface area contributed by atoms with E-state index in [0.29, 0.717) is 19.3 Å². The van der Waals surface area contributed by atoms with Gasteiger partial charge in [-0.25, -0.2) is 13.2 Å². The Morgan fingerprint density at radius 3 is 2.03 bits per heavy atom. The Morgan fingerprint density at radius 2 is 1.49 bits per heavy atom. The molecule has 1 fully saturated rings. The predicted octanol–water partition coefficient (Wildman–Crippen LogP) is 7.77. The summed E-state index contributed by atoms with van der Waals surface area (Å²) in [6.07, 6.45) is -8.09. The van der Waals surface area contributed by atoms with Crippen molar-refractivity contribution in [3.05, 3.63) is 63.4 Å². The molecule has 2 aromatic carbocycles. The molecule has 3 rings (SSSR count). The van der Waals surface area contributed by atoms with Crippen LogP contribution in [0.4, 0.5) is 35.1 Å². The van der Waals surface area contributed by atoms with Crippen LogP contribution in [0.5, 0.6) is 5.75 Å². The molecule has 1 aliphatic heterocycles. The number of unbranched alkanes of at least 4 members (excludes halogenated alkanes) is 2. The summed E-state index contributed by atoms with van der Waals surface area (Å²) >= 11 is 5.86. The number of hydrogen-bond donors (Lipinski definition) is 0. The third-order valence-corrected chi connectivity index (χ3v) is 5.68. The van der Waals surface area contributed by atoms with E-state index < -0.39 is 57.9 Å². The second kappa shape index (κ2) is 12.1. The van der Waals surface area contributed by atoms with Crippen LogP contribution in [0.3, 0.4) is 0 Å². The van der Waals surface area contributed by atoms with E-state index in [-0.39, 0.29) is 36.8 Å². The van der Waals surface area contributed by atoms with Gasteiger partial charge in [-0.15, -0.1) is 0 Å². The summed E-state index contributed by atoms with van der Waals surface area (Å²) < 4.78 is 130. The molecule has 0 amide bonds. The molecule has 2 aromatic rings. The average Bonchev–Trinajstić information content (AvgIpc) is 2.77. The maximum absolute atomic E-state index is 14.7. The van der Waals surface area contributed by atoms with Gasteiger partial charge in [0.25, 0.3) is 0 Å². The third kappa shape index (κ3) is 7.46. The minimum atomic E-state index is -5.41. The highest BCUT2D eigenvalue weighted by Crippen LogP contribution is 2.41. The van der Waals surface area contributed by atoms with Crippen molar-refractivity contribution in [2.75, 3.05) is 26.4 Å². The largest absolute Gasteiger partial charge is 0.431 e. The molecule has 0 N–H and O–H groups in total. The van der Waals surface area contributed by atoms with Crippen molar-refractivity contribution in [1.29, 1.82) is 0 Å². The zero-order chi connectivity index (χ0) is 27.4. The van der Waals surface area contributed by atoms with Crippen molar-refractivity contribution in [1.82, 2.24) is 0 Å². The standard InChI is InChI=1S/C24H23ClF8O4/c1-2-3-4-5-34-10-13-11-35-22(36-12-13)14-6-16(25)20(17(26)7-14)24(32,33)37-15-8-18(27)21(19(28)9-15)23(29,30)31/h6-9,13,22H,2-5,10-12H2,1H3. The van der Waals surface area contributed by atoms with E-state index in [1.165, 1.54) is 0 Å². The fourth-order valence-electron chi connectivity index (χ4n) is 3.62. The van der Waals surface area contributed by atoms with Gasteiger partial charge in [0, 0.05) is 30.2 Å². The number of hydrogen-bond acceptors (Lipinski definition) is 4. The van der Waals surface area contributed by atoms with E-state index in [1.54, 1.807) is 0 Å². The lowest BCUT2D eigenvalue weighted by Gasteiger charge is -2.30. The van der Waals surface area contributed by atoms with Crippen LogP contribution in [0.25, 0.3) is 0 Å². The van der Waals surface area contributed by atoms with Crippen molar-refractivity contribution in [3.63, 3.8) is 0 Å². The van der Waals surface area contributed by atoms with E-state index in [9.17, 15) is 35.1 Å². The highest BCUT2D eigenvalue weighted by molar-refractivity contribution is 6.31. The van der Waals surface area contributed by atoms with Crippen molar-refractivity contribution in [3.8, 4) is 5.75 Å². The first-order valence-corrected chi connectivity index (χ1v) is 11.6. The molecule has 13 heteroatoms. The average molecular weight is 563 g/mol. The highest BCUT2D eigenvalue weighted by atomic mass is 35.5. The number of rotatable bonds is 10. The molecule has 4 nitrogen and oxygen atoms in total. The van der Waals surface area contributed by atoms with Crippen LogP contribution in [0.2, 0.25) is 5.02 Å². The van der Waals surface area contributed by atoms with E-state index in [0.717, 1.165) is 25.3 Å².